The molecule has 0 aliphatic carbocycles. The van der Waals surface area contributed by atoms with Gasteiger partial charge in [0.15, 0.2) is 0 Å². The Bertz CT molecular complexity index is 773. The number of benzene rings is 2. The number of carbonyl (C=O) groups excluding carboxylic acids is 3. The summed E-state index contributed by atoms with van der Waals surface area (Å²) < 4.78 is 5.07. The van der Waals surface area contributed by atoms with Crippen LogP contribution in [0.15, 0.2) is 54.6 Å². The van der Waals surface area contributed by atoms with E-state index >= 15 is 0 Å². The molecule has 0 saturated carbocycles. The van der Waals surface area contributed by atoms with E-state index in [1.54, 1.807) is 24.3 Å². The number of amides is 2. The van der Waals surface area contributed by atoms with Crippen LogP contribution in [0.4, 0.5) is 5.69 Å². The minimum absolute atomic E-state index is 0.101. The molecule has 1 atom stereocenters. The molecule has 2 N–H and O–H groups in total. The molecule has 0 saturated heterocycles. The summed E-state index contributed by atoms with van der Waals surface area (Å²) in [6, 6.07) is 15.4. The fourth-order valence-electron chi connectivity index (χ4n) is 2.55. The largest absolute Gasteiger partial charge is 0.462 e. The third-order valence-electron chi connectivity index (χ3n) is 3.81. The normalized spacial score (nSPS) is 11.3. The van der Waals surface area contributed by atoms with E-state index < -0.39 is 6.04 Å². The number of hydrogen-bond acceptors (Lipinski definition) is 4. The molecule has 2 aromatic carbocycles. The lowest BCUT2D eigenvalue weighted by atomic mass is 10.0. The molecule has 2 aromatic rings. The van der Waals surface area contributed by atoms with Gasteiger partial charge in [-0.3, -0.25) is 9.59 Å². The van der Waals surface area contributed by atoms with Crippen LogP contribution in [0.5, 0.6) is 0 Å². The third-order valence-corrected chi connectivity index (χ3v) is 3.81. The monoisotopic (exact) mass is 368 g/mol. The fourth-order valence-corrected chi connectivity index (χ4v) is 2.55. The van der Waals surface area contributed by atoms with Gasteiger partial charge < -0.3 is 15.4 Å². The van der Waals surface area contributed by atoms with Crippen LogP contribution in [0.25, 0.3) is 0 Å². The minimum atomic E-state index is -0.410. The van der Waals surface area contributed by atoms with Crippen molar-refractivity contribution in [3.8, 4) is 0 Å². The van der Waals surface area contributed by atoms with Crippen LogP contribution in [0.3, 0.4) is 0 Å². The topological polar surface area (TPSA) is 84.5 Å². The van der Waals surface area contributed by atoms with E-state index in [2.05, 4.69) is 10.6 Å². The molecule has 2 rings (SSSR count). The second-order valence-electron chi connectivity index (χ2n) is 6.13. The number of nitrogens with one attached hydrogen (secondary N) is 2. The van der Waals surface area contributed by atoms with Crippen molar-refractivity contribution in [2.45, 2.75) is 32.7 Å². The van der Waals surface area contributed by atoms with Crippen LogP contribution in [0.1, 0.15) is 48.7 Å². The van der Waals surface area contributed by atoms with Gasteiger partial charge in [0.1, 0.15) is 0 Å². The highest BCUT2D eigenvalue weighted by Gasteiger charge is 2.17. The van der Waals surface area contributed by atoms with Crippen LogP contribution >= 0.6 is 0 Å². The van der Waals surface area contributed by atoms with Crippen molar-refractivity contribution in [2.75, 3.05) is 11.9 Å². The Hall–Kier alpha value is -3.15. The Morgan fingerprint density at radius 1 is 1.00 bits per heavy atom. The van der Waals surface area contributed by atoms with Crippen molar-refractivity contribution in [1.29, 1.82) is 0 Å². The zero-order chi connectivity index (χ0) is 19.6. The van der Waals surface area contributed by atoms with Gasteiger partial charge in [0.25, 0.3) is 0 Å². The second-order valence-corrected chi connectivity index (χ2v) is 6.13. The van der Waals surface area contributed by atoms with Gasteiger partial charge in [0.05, 0.1) is 24.6 Å². The van der Waals surface area contributed by atoms with E-state index in [1.807, 2.05) is 37.3 Å². The predicted molar refractivity (Wildman–Crippen MR) is 103 cm³/mol. The Labute approximate surface area is 158 Å². The SMILES string of the molecule is CCCOC(=O)c1ccc(NC(=O)CC(NC(C)=O)c2ccccc2)cc1. The minimum Gasteiger partial charge on any atom is -0.462 e. The standard InChI is InChI=1S/C21H24N2O4/c1-3-13-27-21(26)17-9-11-18(12-10-17)23-20(25)14-19(22-15(2)24)16-7-5-4-6-8-16/h4-12,19H,3,13-14H2,1-2H3,(H,22,24)(H,23,25). The zero-order valence-electron chi connectivity index (χ0n) is 15.5. The van der Waals surface area contributed by atoms with E-state index in [-0.39, 0.29) is 24.2 Å². The number of hydrogen-bond donors (Lipinski definition) is 2. The molecular formula is C21H24N2O4. The van der Waals surface area contributed by atoms with E-state index in [0.29, 0.717) is 17.9 Å². The van der Waals surface area contributed by atoms with E-state index in [9.17, 15) is 14.4 Å². The molecule has 0 aliphatic heterocycles. The average molecular weight is 368 g/mol. The molecular weight excluding hydrogens is 344 g/mol. The fraction of sp³-hybridized carbons (Fsp3) is 0.286. The van der Waals surface area contributed by atoms with Crippen molar-refractivity contribution >= 4 is 23.5 Å². The first-order valence-electron chi connectivity index (χ1n) is 8.88. The van der Waals surface area contributed by atoms with Crippen molar-refractivity contribution in [3.05, 3.63) is 65.7 Å². The first-order chi connectivity index (χ1) is 13.0. The molecule has 0 bridgehead atoms. The summed E-state index contributed by atoms with van der Waals surface area (Å²) in [7, 11) is 0. The maximum Gasteiger partial charge on any atom is 0.338 e. The van der Waals surface area contributed by atoms with Crippen LogP contribution in [-0.4, -0.2) is 24.4 Å². The van der Waals surface area contributed by atoms with Crippen LogP contribution in [0, 0.1) is 0 Å². The highest BCUT2D eigenvalue weighted by atomic mass is 16.5. The summed E-state index contributed by atoms with van der Waals surface area (Å²) in [6.45, 7) is 3.72. The molecule has 6 nitrogen and oxygen atoms in total. The Morgan fingerprint density at radius 2 is 1.67 bits per heavy atom. The van der Waals surface area contributed by atoms with Gasteiger partial charge in [0.2, 0.25) is 11.8 Å². The van der Waals surface area contributed by atoms with Gasteiger partial charge in [0, 0.05) is 12.6 Å². The molecule has 142 valence electrons. The van der Waals surface area contributed by atoms with Gasteiger partial charge >= 0.3 is 5.97 Å². The van der Waals surface area contributed by atoms with E-state index in [4.69, 9.17) is 4.74 Å². The molecule has 0 radical (unpaired) electrons. The van der Waals surface area contributed by atoms with E-state index in [1.165, 1.54) is 6.92 Å². The van der Waals surface area contributed by atoms with Gasteiger partial charge in [-0.2, -0.15) is 0 Å². The average Bonchev–Trinajstić information content (AvgIpc) is 2.66. The molecule has 2 amide bonds. The van der Waals surface area contributed by atoms with Crippen LogP contribution in [-0.2, 0) is 14.3 Å². The van der Waals surface area contributed by atoms with Gasteiger partial charge in [-0.1, -0.05) is 37.3 Å². The molecule has 0 fully saturated rings. The lowest BCUT2D eigenvalue weighted by molar-refractivity contribution is -0.120. The van der Waals surface area contributed by atoms with Crippen molar-refractivity contribution in [1.82, 2.24) is 5.32 Å². The first-order valence-corrected chi connectivity index (χ1v) is 8.88. The lowest BCUT2D eigenvalue weighted by Crippen LogP contribution is -2.29. The highest BCUT2D eigenvalue weighted by Crippen LogP contribution is 2.18. The molecule has 0 spiro atoms. The summed E-state index contributed by atoms with van der Waals surface area (Å²) in [6.07, 6.45) is 0.862. The smallest absolute Gasteiger partial charge is 0.338 e. The Morgan fingerprint density at radius 3 is 2.26 bits per heavy atom. The number of ether oxygens (including phenoxy) is 1. The summed E-state index contributed by atoms with van der Waals surface area (Å²) in [5.74, 6) is -0.824. The number of anilines is 1. The molecule has 6 heteroatoms. The van der Waals surface area contributed by atoms with E-state index in [0.717, 1.165) is 12.0 Å². The molecule has 27 heavy (non-hydrogen) atoms. The number of esters is 1. The summed E-state index contributed by atoms with van der Waals surface area (Å²) in [5.41, 5.74) is 1.86. The van der Waals surface area contributed by atoms with Gasteiger partial charge in [-0.15, -0.1) is 0 Å². The van der Waals surface area contributed by atoms with Crippen molar-refractivity contribution in [2.24, 2.45) is 0 Å². The number of carbonyl (C=O) groups is 3. The van der Waals surface area contributed by atoms with Gasteiger partial charge in [-0.05, 0) is 36.2 Å². The first kappa shape index (κ1) is 20.2. The number of rotatable bonds is 8. The van der Waals surface area contributed by atoms with Crippen LogP contribution < -0.4 is 10.6 Å². The lowest BCUT2D eigenvalue weighted by Gasteiger charge is -2.18. The quantitative estimate of drug-likeness (QED) is 0.699. The molecule has 0 aromatic heterocycles. The highest BCUT2D eigenvalue weighted by molar-refractivity contribution is 5.93. The second kappa shape index (κ2) is 10.1. The Kier molecular flexibility index (Phi) is 7.55. The van der Waals surface area contributed by atoms with Crippen LogP contribution in [0.2, 0.25) is 0 Å². The van der Waals surface area contributed by atoms with Gasteiger partial charge in [-0.25, -0.2) is 4.79 Å². The summed E-state index contributed by atoms with van der Waals surface area (Å²) in [4.78, 5) is 35.6. The summed E-state index contributed by atoms with van der Waals surface area (Å²) >= 11 is 0. The zero-order valence-corrected chi connectivity index (χ0v) is 15.5. The van der Waals surface area contributed by atoms with Crippen molar-refractivity contribution < 1.29 is 19.1 Å². The molecule has 0 heterocycles. The maximum absolute atomic E-state index is 12.4. The third kappa shape index (κ3) is 6.58. The molecule has 0 aliphatic rings. The predicted octanol–water partition coefficient (Wildman–Crippen LogP) is 3.46. The summed E-state index contributed by atoms with van der Waals surface area (Å²) in [5, 5.41) is 5.58. The molecule has 1 unspecified atom stereocenters. The maximum atomic E-state index is 12.4. The van der Waals surface area contributed by atoms with Crippen molar-refractivity contribution in [3.63, 3.8) is 0 Å². The Balaban J connectivity index is 1.98.